The number of rotatable bonds is 3. The summed E-state index contributed by atoms with van der Waals surface area (Å²) < 4.78 is 0. The molecule has 1 atom stereocenters. The summed E-state index contributed by atoms with van der Waals surface area (Å²) >= 11 is 5.28. The third-order valence-corrected chi connectivity index (χ3v) is 5.13. The summed E-state index contributed by atoms with van der Waals surface area (Å²) in [7, 11) is 0. The molecule has 17 heavy (non-hydrogen) atoms. The van der Waals surface area contributed by atoms with Crippen LogP contribution in [0.25, 0.3) is 10.6 Å². The van der Waals surface area contributed by atoms with Gasteiger partial charge >= 0.3 is 0 Å². The molecule has 1 unspecified atom stereocenters. The van der Waals surface area contributed by atoms with Crippen molar-refractivity contribution in [2.24, 2.45) is 0 Å². The van der Waals surface area contributed by atoms with Gasteiger partial charge < -0.3 is 0 Å². The number of benzene rings is 1. The van der Waals surface area contributed by atoms with Crippen LogP contribution in [0.4, 0.5) is 0 Å². The molecule has 0 aliphatic carbocycles. The van der Waals surface area contributed by atoms with E-state index in [9.17, 15) is 0 Å². The molecule has 1 heterocycles. The molecule has 0 amide bonds. The van der Waals surface area contributed by atoms with Crippen LogP contribution >= 0.6 is 27.3 Å². The minimum Gasteiger partial charge on any atom is -0.142 e. The van der Waals surface area contributed by atoms with E-state index in [0.29, 0.717) is 4.83 Å². The van der Waals surface area contributed by atoms with Crippen molar-refractivity contribution in [3.63, 3.8) is 0 Å². The van der Waals surface area contributed by atoms with Gasteiger partial charge in [0.05, 0.1) is 4.83 Å². The van der Waals surface area contributed by atoms with Crippen LogP contribution in [-0.2, 0) is 0 Å². The van der Waals surface area contributed by atoms with Crippen molar-refractivity contribution < 1.29 is 0 Å². The Kier molecular flexibility index (Phi) is 3.94. The fourth-order valence-corrected chi connectivity index (χ4v) is 3.07. The van der Waals surface area contributed by atoms with Gasteiger partial charge in [0.1, 0.15) is 10.0 Å². The van der Waals surface area contributed by atoms with E-state index < -0.39 is 0 Å². The Hall–Kier alpha value is -0.740. The number of halogens is 1. The van der Waals surface area contributed by atoms with Crippen LogP contribution in [0.1, 0.15) is 34.3 Å². The summed E-state index contributed by atoms with van der Waals surface area (Å²) in [5.41, 5.74) is 3.73. The standard InChI is InChI=1S/C13H15BrN2S/c1-4-11(14)13-16-15-12(17-13)10-6-5-8(2)7-9(10)3/h5-7,11H,4H2,1-3H3. The zero-order chi connectivity index (χ0) is 12.4. The summed E-state index contributed by atoms with van der Waals surface area (Å²) in [6, 6.07) is 6.43. The molecule has 0 N–H and O–H groups in total. The minimum atomic E-state index is 0.319. The van der Waals surface area contributed by atoms with E-state index in [1.165, 1.54) is 16.7 Å². The average Bonchev–Trinajstić information content (AvgIpc) is 2.77. The maximum atomic E-state index is 4.28. The second-order valence-corrected chi connectivity index (χ2v) is 6.25. The van der Waals surface area contributed by atoms with Crippen molar-refractivity contribution in [1.82, 2.24) is 10.2 Å². The van der Waals surface area contributed by atoms with Crippen LogP contribution in [0.3, 0.4) is 0 Å². The molecule has 90 valence electrons. The number of aryl methyl sites for hydroxylation is 2. The van der Waals surface area contributed by atoms with Gasteiger partial charge in [-0.2, -0.15) is 0 Å². The zero-order valence-electron chi connectivity index (χ0n) is 10.2. The third-order valence-electron chi connectivity index (χ3n) is 2.68. The van der Waals surface area contributed by atoms with E-state index in [4.69, 9.17) is 0 Å². The van der Waals surface area contributed by atoms with E-state index >= 15 is 0 Å². The molecule has 0 fully saturated rings. The number of hydrogen-bond acceptors (Lipinski definition) is 3. The summed E-state index contributed by atoms with van der Waals surface area (Å²) in [6.07, 6.45) is 1.03. The lowest BCUT2D eigenvalue weighted by molar-refractivity contribution is 0.870. The molecule has 0 saturated heterocycles. The molecule has 2 aromatic rings. The Labute approximate surface area is 114 Å². The molecule has 0 saturated carbocycles. The Morgan fingerprint density at radius 1 is 1.29 bits per heavy atom. The van der Waals surface area contributed by atoms with Gasteiger partial charge in [0, 0.05) is 5.56 Å². The first kappa shape index (κ1) is 12.7. The van der Waals surface area contributed by atoms with Crippen molar-refractivity contribution in [1.29, 1.82) is 0 Å². The molecule has 4 heteroatoms. The van der Waals surface area contributed by atoms with E-state index in [1.807, 2.05) is 0 Å². The normalized spacial score (nSPS) is 12.7. The molecular formula is C13H15BrN2S. The molecule has 0 radical (unpaired) electrons. The predicted octanol–water partition coefficient (Wildman–Crippen LogP) is 4.67. The van der Waals surface area contributed by atoms with Gasteiger partial charge in [-0.05, 0) is 25.8 Å². The molecule has 0 aliphatic heterocycles. The Morgan fingerprint density at radius 3 is 2.71 bits per heavy atom. The molecule has 0 aliphatic rings. The Morgan fingerprint density at radius 2 is 2.06 bits per heavy atom. The average molecular weight is 311 g/mol. The molecule has 2 nitrogen and oxygen atoms in total. The second kappa shape index (κ2) is 5.27. The van der Waals surface area contributed by atoms with Crippen LogP contribution < -0.4 is 0 Å². The van der Waals surface area contributed by atoms with Crippen LogP contribution in [-0.4, -0.2) is 10.2 Å². The summed E-state index contributed by atoms with van der Waals surface area (Å²) in [5, 5.41) is 10.6. The Balaban J connectivity index is 2.37. The van der Waals surface area contributed by atoms with E-state index in [2.05, 4.69) is 65.1 Å². The van der Waals surface area contributed by atoms with Crippen molar-refractivity contribution >= 4 is 27.3 Å². The summed E-state index contributed by atoms with van der Waals surface area (Å²) in [6.45, 7) is 6.36. The van der Waals surface area contributed by atoms with Crippen molar-refractivity contribution in [2.45, 2.75) is 32.0 Å². The van der Waals surface area contributed by atoms with Gasteiger partial charge in [0.15, 0.2) is 0 Å². The highest BCUT2D eigenvalue weighted by molar-refractivity contribution is 9.09. The molecular weight excluding hydrogens is 296 g/mol. The second-order valence-electron chi connectivity index (χ2n) is 4.14. The van der Waals surface area contributed by atoms with E-state index in [-0.39, 0.29) is 0 Å². The molecule has 2 rings (SSSR count). The minimum absolute atomic E-state index is 0.319. The highest BCUT2D eigenvalue weighted by Crippen LogP contribution is 2.33. The van der Waals surface area contributed by atoms with Crippen LogP contribution in [0.5, 0.6) is 0 Å². The van der Waals surface area contributed by atoms with E-state index in [1.54, 1.807) is 11.3 Å². The van der Waals surface area contributed by atoms with Gasteiger partial charge in [-0.1, -0.05) is 58.0 Å². The molecule has 0 spiro atoms. The van der Waals surface area contributed by atoms with Crippen molar-refractivity contribution in [2.75, 3.05) is 0 Å². The third kappa shape index (κ3) is 2.75. The highest BCUT2D eigenvalue weighted by Gasteiger charge is 2.13. The fraction of sp³-hybridized carbons (Fsp3) is 0.385. The fourth-order valence-electron chi connectivity index (χ4n) is 1.70. The first-order valence-electron chi connectivity index (χ1n) is 5.67. The first-order valence-corrected chi connectivity index (χ1v) is 7.40. The first-order chi connectivity index (χ1) is 8.11. The van der Waals surface area contributed by atoms with Gasteiger partial charge in [0.2, 0.25) is 0 Å². The smallest absolute Gasteiger partial charge is 0.142 e. The van der Waals surface area contributed by atoms with Crippen LogP contribution in [0.2, 0.25) is 0 Å². The quantitative estimate of drug-likeness (QED) is 0.770. The monoisotopic (exact) mass is 310 g/mol. The maximum absolute atomic E-state index is 4.28. The predicted molar refractivity (Wildman–Crippen MR) is 76.8 cm³/mol. The number of hydrogen-bond donors (Lipinski definition) is 0. The zero-order valence-corrected chi connectivity index (χ0v) is 12.6. The molecule has 1 aromatic heterocycles. The van der Waals surface area contributed by atoms with Gasteiger partial charge in [0.25, 0.3) is 0 Å². The summed E-state index contributed by atoms with van der Waals surface area (Å²) in [5.74, 6) is 0. The SMILES string of the molecule is CCC(Br)c1nnc(-c2ccc(C)cc2C)s1. The Bertz CT molecular complexity index is 522. The lowest BCUT2D eigenvalue weighted by atomic mass is 10.1. The number of nitrogens with zero attached hydrogens (tertiary/aromatic N) is 2. The van der Waals surface area contributed by atoms with Gasteiger partial charge in [-0.3, -0.25) is 0 Å². The maximum Gasteiger partial charge on any atom is 0.148 e. The molecule has 0 bridgehead atoms. The largest absolute Gasteiger partial charge is 0.148 e. The topological polar surface area (TPSA) is 25.8 Å². The van der Waals surface area contributed by atoms with Crippen molar-refractivity contribution in [3.05, 3.63) is 34.3 Å². The van der Waals surface area contributed by atoms with Crippen LogP contribution in [0.15, 0.2) is 18.2 Å². The van der Waals surface area contributed by atoms with E-state index in [0.717, 1.165) is 16.4 Å². The highest BCUT2D eigenvalue weighted by atomic mass is 79.9. The lowest BCUT2D eigenvalue weighted by Gasteiger charge is -2.02. The van der Waals surface area contributed by atoms with Crippen LogP contribution in [0, 0.1) is 13.8 Å². The van der Waals surface area contributed by atoms with Gasteiger partial charge in [-0.15, -0.1) is 10.2 Å². The summed E-state index contributed by atoms with van der Waals surface area (Å²) in [4.78, 5) is 0.319. The van der Waals surface area contributed by atoms with Crippen molar-refractivity contribution in [3.8, 4) is 10.6 Å². The number of alkyl halides is 1. The molecule has 1 aromatic carbocycles. The number of aromatic nitrogens is 2. The van der Waals surface area contributed by atoms with Gasteiger partial charge in [-0.25, -0.2) is 0 Å². The lowest BCUT2D eigenvalue weighted by Crippen LogP contribution is -1.85.